The van der Waals surface area contributed by atoms with Crippen LogP contribution in [0, 0.1) is 0 Å². The third-order valence-corrected chi connectivity index (χ3v) is 4.74. The van der Waals surface area contributed by atoms with Crippen LogP contribution in [0.4, 0.5) is 0 Å². The fourth-order valence-corrected chi connectivity index (χ4v) is 3.34. The number of ether oxygens (including phenoxy) is 1. The number of aromatic amines is 1. The number of amides is 1. The summed E-state index contributed by atoms with van der Waals surface area (Å²) in [5, 5.41) is 11.3. The first-order chi connectivity index (χ1) is 13.8. The van der Waals surface area contributed by atoms with Crippen molar-refractivity contribution in [3.63, 3.8) is 0 Å². The average Bonchev–Trinajstić information content (AvgIpc) is 3.18. The minimum atomic E-state index is -0.285. The van der Waals surface area contributed by atoms with Crippen molar-refractivity contribution < 1.29 is 9.53 Å². The molecule has 0 aliphatic heterocycles. The summed E-state index contributed by atoms with van der Waals surface area (Å²) < 4.78 is 5.55. The van der Waals surface area contributed by atoms with Gasteiger partial charge in [0.2, 0.25) is 0 Å². The van der Waals surface area contributed by atoms with Gasteiger partial charge >= 0.3 is 0 Å². The van der Waals surface area contributed by atoms with E-state index in [2.05, 4.69) is 33.7 Å². The van der Waals surface area contributed by atoms with E-state index in [1.54, 1.807) is 6.21 Å². The minimum Gasteiger partial charge on any atom is -0.494 e. The van der Waals surface area contributed by atoms with E-state index >= 15 is 0 Å². The molecule has 0 radical (unpaired) electrons. The van der Waals surface area contributed by atoms with E-state index in [9.17, 15) is 4.79 Å². The Labute approximate surface area is 163 Å². The monoisotopic (exact) mass is 374 g/mol. The number of fused-ring (bicyclic) bond motifs is 3. The van der Waals surface area contributed by atoms with Gasteiger partial charge in [0.25, 0.3) is 5.91 Å². The van der Waals surface area contributed by atoms with Gasteiger partial charge in [-0.15, -0.1) is 0 Å². The number of aryl methyl sites for hydroxylation is 1. The van der Waals surface area contributed by atoms with Crippen LogP contribution < -0.4 is 10.2 Å². The van der Waals surface area contributed by atoms with Crippen LogP contribution in [0.5, 0.6) is 5.75 Å². The SMILES string of the molecule is CCCOc1ccc(C=NNC(=O)c2[nH]nc3c2CCc2ccccc2-3)cc1. The van der Waals surface area contributed by atoms with Gasteiger partial charge in [-0.1, -0.05) is 31.2 Å². The first-order valence-corrected chi connectivity index (χ1v) is 9.48. The number of nitrogens with zero attached hydrogens (tertiary/aromatic N) is 2. The van der Waals surface area contributed by atoms with Gasteiger partial charge in [-0.2, -0.15) is 10.2 Å². The average molecular weight is 374 g/mol. The molecule has 0 unspecified atom stereocenters. The van der Waals surface area contributed by atoms with Crippen LogP contribution in [0.3, 0.4) is 0 Å². The number of nitrogens with one attached hydrogen (secondary N) is 2. The molecule has 0 spiro atoms. The van der Waals surface area contributed by atoms with Crippen LogP contribution in [0.25, 0.3) is 11.3 Å². The molecule has 142 valence electrons. The molecule has 6 nitrogen and oxygen atoms in total. The molecule has 0 atom stereocenters. The summed E-state index contributed by atoms with van der Waals surface area (Å²) >= 11 is 0. The number of hydrogen-bond donors (Lipinski definition) is 2. The van der Waals surface area contributed by atoms with E-state index < -0.39 is 0 Å². The summed E-state index contributed by atoms with van der Waals surface area (Å²) in [4.78, 5) is 12.5. The Morgan fingerprint density at radius 3 is 2.86 bits per heavy atom. The molecule has 1 aliphatic carbocycles. The third kappa shape index (κ3) is 3.67. The highest BCUT2D eigenvalue weighted by Crippen LogP contribution is 2.33. The van der Waals surface area contributed by atoms with Crippen molar-refractivity contribution >= 4 is 12.1 Å². The maximum absolute atomic E-state index is 12.5. The summed E-state index contributed by atoms with van der Waals surface area (Å²) in [6.45, 7) is 2.77. The van der Waals surface area contributed by atoms with E-state index in [4.69, 9.17) is 4.74 Å². The van der Waals surface area contributed by atoms with E-state index in [1.165, 1.54) is 5.56 Å². The van der Waals surface area contributed by atoms with E-state index in [0.29, 0.717) is 12.3 Å². The van der Waals surface area contributed by atoms with Crippen LogP contribution in [-0.2, 0) is 12.8 Å². The van der Waals surface area contributed by atoms with Crippen LogP contribution in [-0.4, -0.2) is 28.9 Å². The second kappa shape index (κ2) is 8.08. The van der Waals surface area contributed by atoms with Crippen molar-refractivity contribution in [2.45, 2.75) is 26.2 Å². The standard InChI is InChI=1S/C22H22N4O2/c1-2-13-28-17-10-7-15(8-11-17)14-23-26-22(27)21-19-12-9-16-5-3-4-6-18(16)20(19)24-25-21/h3-8,10-11,14H,2,9,12-13H2,1H3,(H,24,25)(H,26,27). The van der Waals surface area contributed by atoms with Crippen LogP contribution in [0.2, 0.25) is 0 Å². The highest BCUT2D eigenvalue weighted by atomic mass is 16.5. The number of H-pyrrole nitrogens is 1. The third-order valence-electron chi connectivity index (χ3n) is 4.74. The summed E-state index contributed by atoms with van der Waals surface area (Å²) in [5.74, 6) is 0.541. The summed E-state index contributed by atoms with van der Waals surface area (Å²) in [6, 6.07) is 15.7. The van der Waals surface area contributed by atoms with Crippen molar-refractivity contribution in [1.29, 1.82) is 0 Å². The van der Waals surface area contributed by atoms with Crippen LogP contribution in [0.1, 0.15) is 40.5 Å². The largest absolute Gasteiger partial charge is 0.494 e. The molecule has 1 amide bonds. The van der Waals surface area contributed by atoms with Crippen molar-refractivity contribution in [1.82, 2.24) is 15.6 Å². The molecule has 1 heterocycles. The zero-order valence-corrected chi connectivity index (χ0v) is 15.7. The minimum absolute atomic E-state index is 0.285. The lowest BCUT2D eigenvalue weighted by atomic mass is 9.89. The van der Waals surface area contributed by atoms with E-state index in [1.807, 2.05) is 42.5 Å². The second-order valence-electron chi connectivity index (χ2n) is 6.70. The maximum atomic E-state index is 12.5. The number of rotatable bonds is 6. The molecular formula is C22H22N4O2. The highest BCUT2D eigenvalue weighted by Gasteiger charge is 2.24. The molecule has 0 saturated heterocycles. The van der Waals surface area contributed by atoms with Crippen molar-refractivity contribution in [2.24, 2.45) is 5.10 Å². The second-order valence-corrected chi connectivity index (χ2v) is 6.70. The van der Waals surface area contributed by atoms with Gasteiger partial charge in [0.15, 0.2) is 0 Å². The molecule has 3 aromatic rings. The molecule has 0 bridgehead atoms. The zero-order chi connectivity index (χ0) is 19.3. The van der Waals surface area contributed by atoms with Gasteiger partial charge in [0.1, 0.15) is 11.4 Å². The smallest absolute Gasteiger partial charge is 0.289 e. The normalized spacial score (nSPS) is 12.5. The van der Waals surface area contributed by atoms with Gasteiger partial charge in [-0.05, 0) is 54.7 Å². The molecule has 0 saturated carbocycles. The van der Waals surface area contributed by atoms with E-state index in [-0.39, 0.29) is 5.91 Å². The first-order valence-electron chi connectivity index (χ1n) is 9.48. The van der Waals surface area contributed by atoms with E-state index in [0.717, 1.165) is 47.4 Å². The summed E-state index contributed by atoms with van der Waals surface area (Å²) in [5.41, 5.74) is 8.10. The lowest BCUT2D eigenvalue weighted by molar-refractivity contribution is 0.0949. The fraction of sp³-hybridized carbons (Fsp3) is 0.227. The Morgan fingerprint density at radius 2 is 2.04 bits per heavy atom. The molecular weight excluding hydrogens is 352 g/mol. The number of benzene rings is 2. The van der Waals surface area contributed by atoms with Gasteiger partial charge in [-0.25, -0.2) is 5.43 Å². The molecule has 6 heteroatoms. The molecule has 2 aromatic carbocycles. The Morgan fingerprint density at radius 1 is 1.21 bits per heavy atom. The maximum Gasteiger partial charge on any atom is 0.289 e. The molecule has 1 aliphatic rings. The molecule has 0 fully saturated rings. The van der Waals surface area contributed by atoms with Gasteiger partial charge in [0.05, 0.1) is 18.5 Å². The van der Waals surface area contributed by atoms with Crippen molar-refractivity contribution in [3.8, 4) is 17.0 Å². The fourth-order valence-electron chi connectivity index (χ4n) is 3.34. The van der Waals surface area contributed by atoms with Gasteiger partial charge < -0.3 is 4.74 Å². The lowest BCUT2D eigenvalue weighted by Crippen LogP contribution is -2.20. The van der Waals surface area contributed by atoms with Crippen molar-refractivity contribution in [2.75, 3.05) is 6.61 Å². The zero-order valence-electron chi connectivity index (χ0n) is 15.7. The number of carbonyl (C=O) groups is 1. The molecule has 4 rings (SSSR count). The number of hydrazone groups is 1. The molecule has 2 N–H and O–H groups in total. The summed E-state index contributed by atoms with van der Waals surface area (Å²) in [7, 11) is 0. The lowest BCUT2D eigenvalue weighted by Gasteiger charge is -2.15. The Balaban J connectivity index is 1.43. The number of aromatic nitrogens is 2. The number of carbonyl (C=O) groups excluding carboxylic acids is 1. The Kier molecular flexibility index (Phi) is 5.19. The highest BCUT2D eigenvalue weighted by molar-refractivity contribution is 5.96. The first kappa shape index (κ1) is 18.0. The van der Waals surface area contributed by atoms with Gasteiger partial charge in [-0.3, -0.25) is 9.89 Å². The van der Waals surface area contributed by atoms with Crippen LogP contribution >= 0.6 is 0 Å². The molecule has 1 aromatic heterocycles. The quantitative estimate of drug-likeness (QED) is 0.510. The predicted molar refractivity (Wildman–Crippen MR) is 109 cm³/mol. The predicted octanol–water partition coefficient (Wildman–Crippen LogP) is 3.73. The van der Waals surface area contributed by atoms with Gasteiger partial charge in [0, 0.05) is 11.1 Å². The molecule has 28 heavy (non-hydrogen) atoms. The number of hydrogen-bond acceptors (Lipinski definition) is 4. The Bertz CT molecular complexity index is 1010. The van der Waals surface area contributed by atoms with Crippen molar-refractivity contribution in [3.05, 3.63) is 70.9 Å². The Hall–Kier alpha value is -3.41. The topological polar surface area (TPSA) is 79.4 Å². The summed E-state index contributed by atoms with van der Waals surface area (Å²) in [6.07, 6.45) is 4.27. The van der Waals surface area contributed by atoms with Crippen LogP contribution in [0.15, 0.2) is 53.6 Å².